The predicted molar refractivity (Wildman–Crippen MR) is 118 cm³/mol. The highest BCUT2D eigenvalue weighted by atomic mass is 32.2. The lowest BCUT2D eigenvalue weighted by atomic mass is 10.2. The quantitative estimate of drug-likeness (QED) is 0.320. The molecule has 0 fully saturated rings. The lowest BCUT2D eigenvalue weighted by Gasteiger charge is -1.99. The van der Waals surface area contributed by atoms with Crippen molar-refractivity contribution in [2.24, 2.45) is 5.10 Å². The molecule has 0 atom stereocenters. The van der Waals surface area contributed by atoms with Crippen LogP contribution in [0.15, 0.2) is 62.3 Å². The number of aromatic nitrogens is 2. The van der Waals surface area contributed by atoms with E-state index in [2.05, 4.69) is 51.9 Å². The Morgan fingerprint density at radius 2 is 1.61 bits per heavy atom. The molecule has 0 saturated carbocycles. The van der Waals surface area contributed by atoms with Gasteiger partial charge in [-0.1, -0.05) is 94.5 Å². The average molecular weight is 429 g/mol. The van der Waals surface area contributed by atoms with Crippen molar-refractivity contribution in [3.8, 4) is 0 Å². The summed E-state index contributed by atoms with van der Waals surface area (Å²) in [6, 6.07) is 16.4. The number of carbonyl (C=O) groups is 1. The van der Waals surface area contributed by atoms with Crippen LogP contribution in [0.3, 0.4) is 0 Å². The lowest BCUT2D eigenvalue weighted by molar-refractivity contribution is -0.118. The van der Waals surface area contributed by atoms with Crippen molar-refractivity contribution in [3.63, 3.8) is 0 Å². The number of carbonyl (C=O) groups excluding carboxylic acids is 1. The molecule has 3 rings (SSSR count). The molecule has 0 aliphatic heterocycles. The largest absolute Gasteiger partial charge is 0.272 e. The van der Waals surface area contributed by atoms with Gasteiger partial charge in [-0.15, -0.1) is 10.2 Å². The maximum Gasteiger partial charge on any atom is 0.250 e. The third-order valence-corrected chi connectivity index (χ3v) is 6.94. The Hall–Kier alpha value is -2.16. The Labute approximate surface area is 177 Å². The van der Waals surface area contributed by atoms with Gasteiger partial charge in [-0.2, -0.15) is 5.10 Å². The number of rotatable bonds is 8. The summed E-state index contributed by atoms with van der Waals surface area (Å²) >= 11 is 4.53. The number of hydrazone groups is 1. The van der Waals surface area contributed by atoms with Gasteiger partial charge in [0, 0.05) is 5.75 Å². The van der Waals surface area contributed by atoms with E-state index in [4.69, 9.17) is 0 Å². The fourth-order valence-corrected chi connectivity index (χ4v) is 4.90. The Balaban J connectivity index is 1.40. The molecule has 1 aromatic heterocycles. The summed E-state index contributed by atoms with van der Waals surface area (Å²) in [5.41, 5.74) is 7.17. The van der Waals surface area contributed by atoms with E-state index in [1.54, 1.807) is 18.0 Å². The number of nitrogens with zero attached hydrogens (tertiary/aromatic N) is 3. The number of benzene rings is 2. The molecule has 0 saturated heterocycles. The van der Waals surface area contributed by atoms with Crippen LogP contribution < -0.4 is 5.43 Å². The van der Waals surface area contributed by atoms with Gasteiger partial charge >= 0.3 is 0 Å². The first-order valence-corrected chi connectivity index (χ1v) is 11.4. The maximum atomic E-state index is 11.9. The average Bonchev–Trinajstić information content (AvgIpc) is 3.15. The van der Waals surface area contributed by atoms with E-state index in [9.17, 15) is 4.79 Å². The molecule has 0 radical (unpaired) electrons. The maximum absolute atomic E-state index is 11.9. The normalized spacial score (nSPS) is 11.1. The Morgan fingerprint density at radius 1 is 1.00 bits per heavy atom. The molecule has 0 aliphatic rings. The monoisotopic (exact) mass is 428 g/mol. The first-order chi connectivity index (χ1) is 13.6. The molecule has 0 unspecified atom stereocenters. The predicted octanol–water partition coefficient (Wildman–Crippen LogP) is 4.69. The standard InChI is InChI=1S/C20H20N4OS3/c1-14-3-7-16(8-4-14)11-21-22-18(25)13-27-20-24-23-19(28-20)26-12-17-9-5-15(2)6-10-17/h3-11H,12-13H2,1-2H3,(H,22,25)/b21-11-. The van der Waals surface area contributed by atoms with E-state index < -0.39 is 0 Å². The van der Waals surface area contributed by atoms with Crippen molar-refractivity contribution in [2.45, 2.75) is 28.3 Å². The van der Waals surface area contributed by atoms with Crippen LogP contribution in [-0.4, -0.2) is 28.1 Å². The molecule has 0 spiro atoms. The van der Waals surface area contributed by atoms with Crippen molar-refractivity contribution in [3.05, 3.63) is 70.8 Å². The molecule has 5 nitrogen and oxygen atoms in total. The van der Waals surface area contributed by atoms with Crippen LogP contribution in [0.2, 0.25) is 0 Å². The summed E-state index contributed by atoms with van der Waals surface area (Å²) < 4.78 is 1.69. The fourth-order valence-electron chi connectivity index (χ4n) is 2.13. The number of nitrogens with one attached hydrogen (secondary N) is 1. The second kappa shape index (κ2) is 10.4. The Bertz CT molecular complexity index is 937. The highest BCUT2D eigenvalue weighted by Gasteiger charge is 2.08. The molecule has 2 aromatic carbocycles. The summed E-state index contributed by atoms with van der Waals surface area (Å²) in [6.07, 6.45) is 1.63. The Kier molecular flexibility index (Phi) is 7.64. The zero-order valence-corrected chi connectivity index (χ0v) is 18.0. The lowest BCUT2D eigenvalue weighted by Crippen LogP contribution is -2.19. The number of hydrogen-bond acceptors (Lipinski definition) is 7. The van der Waals surface area contributed by atoms with E-state index >= 15 is 0 Å². The van der Waals surface area contributed by atoms with Crippen LogP contribution in [0.25, 0.3) is 0 Å². The molecule has 3 aromatic rings. The van der Waals surface area contributed by atoms with Crippen LogP contribution in [0, 0.1) is 13.8 Å². The summed E-state index contributed by atoms with van der Waals surface area (Å²) in [7, 11) is 0. The molecular weight excluding hydrogens is 408 g/mol. The second-order valence-electron chi connectivity index (χ2n) is 6.10. The second-order valence-corrected chi connectivity index (χ2v) is 9.52. The SMILES string of the molecule is Cc1ccc(/C=N\NC(=O)CSc2nnc(SCc3ccc(C)cc3)s2)cc1. The molecule has 1 heterocycles. The van der Waals surface area contributed by atoms with Crippen LogP contribution in [0.5, 0.6) is 0 Å². The summed E-state index contributed by atoms with van der Waals surface area (Å²) in [5, 5.41) is 12.3. The molecule has 1 N–H and O–H groups in total. The van der Waals surface area contributed by atoms with Gasteiger partial charge in [-0.25, -0.2) is 5.43 Å². The van der Waals surface area contributed by atoms with Gasteiger partial charge in [0.2, 0.25) is 0 Å². The zero-order chi connectivity index (χ0) is 19.8. The minimum absolute atomic E-state index is 0.169. The molecule has 144 valence electrons. The van der Waals surface area contributed by atoms with Crippen LogP contribution in [0.1, 0.15) is 22.3 Å². The first kappa shape index (κ1) is 20.6. The molecular formula is C20H20N4OS3. The molecule has 0 bridgehead atoms. The van der Waals surface area contributed by atoms with Crippen LogP contribution >= 0.6 is 34.9 Å². The summed E-state index contributed by atoms with van der Waals surface area (Å²) in [6.45, 7) is 4.11. The Morgan fingerprint density at radius 3 is 2.29 bits per heavy atom. The molecule has 0 aliphatic carbocycles. The summed E-state index contributed by atoms with van der Waals surface area (Å²) in [5.74, 6) is 0.938. The van der Waals surface area contributed by atoms with Gasteiger partial charge in [-0.3, -0.25) is 4.79 Å². The highest BCUT2D eigenvalue weighted by molar-refractivity contribution is 8.03. The van der Waals surface area contributed by atoms with Gasteiger partial charge in [0.15, 0.2) is 8.68 Å². The first-order valence-electron chi connectivity index (χ1n) is 8.62. The van der Waals surface area contributed by atoms with Crippen molar-refractivity contribution < 1.29 is 4.79 Å². The number of hydrogen-bond donors (Lipinski definition) is 1. The zero-order valence-electron chi connectivity index (χ0n) is 15.6. The van der Waals surface area contributed by atoms with Crippen LogP contribution in [0.4, 0.5) is 0 Å². The number of thioether (sulfide) groups is 2. The van der Waals surface area contributed by atoms with Crippen molar-refractivity contribution >= 4 is 47.0 Å². The topological polar surface area (TPSA) is 67.2 Å². The van der Waals surface area contributed by atoms with Crippen molar-refractivity contribution in [1.29, 1.82) is 0 Å². The van der Waals surface area contributed by atoms with Gasteiger partial charge in [0.05, 0.1) is 12.0 Å². The van der Waals surface area contributed by atoms with E-state index in [0.29, 0.717) is 0 Å². The highest BCUT2D eigenvalue weighted by Crippen LogP contribution is 2.30. The van der Waals surface area contributed by atoms with Crippen LogP contribution in [-0.2, 0) is 10.5 Å². The molecule has 1 amide bonds. The minimum atomic E-state index is -0.169. The van der Waals surface area contributed by atoms with E-state index in [1.165, 1.54) is 39.8 Å². The van der Waals surface area contributed by atoms with E-state index in [0.717, 1.165) is 20.0 Å². The smallest absolute Gasteiger partial charge is 0.250 e. The van der Waals surface area contributed by atoms with Gasteiger partial charge < -0.3 is 0 Å². The minimum Gasteiger partial charge on any atom is -0.272 e. The van der Waals surface area contributed by atoms with E-state index in [1.807, 2.05) is 31.2 Å². The molecule has 28 heavy (non-hydrogen) atoms. The number of amides is 1. The number of aryl methyl sites for hydroxylation is 2. The molecule has 8 heteroatoms. The van der Waals surface area contributed by atoms with Crippen molar-refractivity contribution in [2.75, 3.05) is 5.75 Å². The third-order valence-electron chi connectivity index (χ3n) is 3.68. The van der Waals surface area contributed by atoms with Gasteiger partial charge in [0.1, 0.15) is 0 Å². The van der Waals surface area contributed by atoms with Gasteiger partial charge in [-0.05, 0) is 25.0 Å². The fraction of sp³-hybridized carbons (Fsp3) is 0.200. The third kappa shape index (κ3) is 6.78. The summed E-state index contributed by atoms with van der Waals surface area (Å²) in [4.78, 5) is 11.9. The van der Waals surface area contributed by atoms with Gasteiger partial charge in [0.25, 0.3) is 5.91 Å². The van der Waals surface area contributed by atoms with Crippen molar-refractivity contribution in [1.82, 2.24) is 15.6 Å². The van der Waals surface area contributed by atoms with E-state index in [-0.39, 0.29) is 11.7 Å².